The van der Waals surface area contributed by atoms with Crippen molar-refractivity contribution in [2.75, 3.05) is 0 Å². The summed E-state index contributed by atoms with van der Waals surface area (Å²) in [7, 11) is 2.10. The van der Waals surface area contributed by atoms with Crippen LogP contribution in [0.2, 0.25) is 0 Å². The highest BCUT2D eigenvalue weighted by Crippen LogP contribution is 2.17. The zero-order valence-electron chi connectivity index (χ0n) is 12.6. The van der Waals surface area contributed by atoms with E-state index in [-0.39, 0.29) is 6.04 Å². The van der Waals surface area contributed by atoms with E-state index in [2.05, 4.69) is 49.8 Å². The summed E-state index contributed by atoms with van der Waals surface area (Å²) < 4.78 is 2.21. The summed E-state index contributed by atoms with van der Waals surface area (Å²) in [5.41, 5.74) is 5.84. The molecule has 0 aliphatic carbocycles. The Morgan fingerprint density at radius 1 is 1.25 bits per heavy atom. The summed E-state index contributed by atoms with van der Waals surface area (Å²) in [4.78, 5) is 0. The minimum Gasteiger partial charge on any atom is -0.352 e. The first kappa shape index (κ1) is 14.4. The maximum Gasteiger partial charge on any atom is 0.0991 e. The third kappa shape index (κ3) is 2.92. The number of nitrogens with one attached hydrogen (secondary N) is 1. The van der Waals surface area contributed by atoms with E-state index in [0.29, 0.717) is 5.56 Å². The molecule has 0 amide bonds. The van der Waals surface area contributed by atoms with Crippen LogP contribution >= 0.6 is 0 Å². The molecule has 0 saturated heterocycles. The topological polar surface area (TPSA) is 40.8 Å². The smallest absolute Gasteiger partial charge is 0.0991 e. The summed E-state index contributed by atoms with van der Waals surface area (Å²) in [5.74, 6) is 0. The lowest BCUT2D eigenvalue weighted by Gasteiger charge is -2.14. The SMILES string of the molecule is Cc1cc(CNC(C)c2ccc(C#N)cc2)c(C)n1C. The maximum absolute atomic E-state index is 8.81. The molecule has 3 heteroatoms. The predicted molar refractivity (Wildman–Crippen MR) is 81.3 cm³/mol. The van der Waals surface area contributed by atoms with Crippen LogP contribution in [0, 0.1) is 25.2 Å². The van der Waals surface area contributed by atoms with Crippen molar-refractivity contribution >= 4 is 0 Å². The molecular formula is C17H21N3. The molecule has 104 valence electrons. The molecular weight excluding hydrogens is 246 g/mol. The third-order valence-electron chi connectivity index (χ3n) is 4.02. The van der Waals surface area contributed by atoms with Crippen LogP contribution in [0.4, 0.5) is 0 Å². The number of nitriles is 1. The molecule has 0 aliphatic heterocycles. The Kier molecular flexibility index (Phi) is 4.26. The van der Waals surface area contributed by atoms with Crippen molar-refractivity contribution in [3.8, 4) is 6.07 Å². The molecule has 0 aliphatic rings. The number of nitrogens with zero attached hydrogens (tertiary/aromatic N) is 2. The Labute approximate surface area is 120 Å². The highest BCUT2D eigenvalue weighted by molar-refractivity contribution is 5.33. The number of benzene rings is 1. The third-order valence-corrected chi connectivity index (χ3v) is 4.02. The van der Waals surface area contributed by atoms with Crippen LogP contribution in [-0.2, 0) is 13.6 Å². The molecule has 2 rings (SSSR count). The van der Waals surface area contributed by atoms with Crippen LogP contribution in [0.5, 0.6) is 0 Å². The molecule has 0 fully saturated rings. The molecule has 1 unspecified atom stereocenters. The summed E-state index contributed by atoms with van der Waals surface area (Å²) in [6, 6.07) is 12.4. The predicted octanol–water partition coefficient (Wildman–Crippen LogP) is 3.36. The first-order valence-electron chi connectivity index (χ1n) is 6.88. The van der Waals surface area contributed by atoms with Gasteiger partial charge in [0.15, 0.2) is 0 Å². The lowest BCUT2D eigenvalue weighted by molar-refractivity contribution is 0.572. The quantitative estimate of drug-likeness (QED) is 0.922. The van der Waals surface area contributed by atoms with Crippen LogP contribution in [0.1, 0.15) is 41.0 Å². The summed E-state index contributed by atoms with van der Waals surface area (Å²) in [6.45, 7) is 7.28. The first-order valence-corrected chi connectivity index (χ1v) is 6.88. The van der Waals surface area contributed by atoms with Crippen molar-refractivity contribution in [3.05, 3.63) is 58.4 Å². The Morgan fingerprint density at radius 2 is 1.90 bits per heavy atom. The summed E-state index contributed by atoms with van der Waals surface area (Å²) in [6.07, 6.45) is 0. The van der Waals surface area contributed by atoms with Crippen LogP contribution in [0.15, 0.2) is 30.3 Å². The van der Waals surface area contributed by atoms with Gasteiger partial charge >= 0.3 is 0 Å². The van der Waals surface area contributed by atoms with Crippen LogP contribution in [0.3, 0.4) is 0 Å². The van der Waals surface area contributed by atoms with Crippen LogP contribution < -0.4 is 5.32 Å². The van der Waals surface area contributed by atoms with Crippen LogP contribution in [0.25, 0.3) is 0 Å². The first-order chi connectivity index (χ1) is 9.52. The van der Waals surface area contributed by atoms with E-state index in [1.165, 1.54) is 22.5 Å². The Hall–Kier alpha value is -2.05. The minimum atomic E-state index is 0.266. The maximum atomic E-state index is 8.81. The Morgan fingerprint density at radius 3 is 2.40 bits per heavy atom. The van der Waals surface area contributed by atoms with Gasteiger partial charge in [-0.2, -0.15) is 5.26 Å². The van der Waals surface area contributed by atoms with Gasteiger partial charge in [0.05, 0.1) is 11.6 Å². The fourth-order valence-electron chi connectivity index (χ4n) is 2.34. The van der Waals surface area contributed by atoms with Gasteiger partial charge in [0.1, 0.15) is 0 Å². The molecule has 1 N–H and O–H groups in total. The fourth-order valence-corrected chi connectivity index (χ4v) is 2.34. The molecule has 3 nitrogen and oxygen atoms in total. The molecule has 20 heavy (non-hydrogen) atoms. The van der Waals surface area contributed by atoms with E-state index in [1.807, 2.05) is 24.3 Å². The number of hydrogen-bond acceptors (Lipinski definition) is 2. The van der Waals surface area contributed by atoms with Gasteiger partial charge in [0.2, 0.25) is 0 Å². The second kappa shape index (κ2) is 5.94. The molecule has 0 saturated carbocycles. The molecule has 0 radical (unpaired) electrons. The van der Waals surface area contributed by atoms with E-state index in [1.54, 1.807) is 0 Å². The van der Waals surface area contributed by atoms with Gasteiger partial charge in [-0.15, -0.1) is 0 Å². The highest BCUT2D eigenvalue weighted by Gasteiger charge is 2.09. The largest absolute Gasteiger partial charge is 0.352 e. The van der Waals surface area contributed by atoms with Crippen molar-refractivity contribution in [2.45, 2.75) is 33.4 Å². The zero-order chi connectivity index (χ0) is 14.7. The van der Waals surface area contributed by atoms with Crippen molar-refractivity contribution in [1.29, 1.82) is 5.26 Å². The van der Waals surface area contributed by atoms with Crippen LogP contribution in [-0.4, -0.2) is 4.57 Å². The Bertz CT molecular complexity index is 629. The van der Waals surface area contributed by atoms with E-state index in [4.69, 9.17) is 5.26 Å². The lowest BCUT2D eigenvalue weighted by Crippen LogP contribution is -2.18. The minimum absolute atomic E-state index is 0.266. The second-order valence-corrected chi connectivity index (χ2v) is 5.29. The van der Waals surface area contributed by atoms with E-state index >= 15 is 0 Å². The molecule has 2 aromatic rings. The molecule has 0 spiro atoms. The fraction of sp³-hybridized carbons (Fsp3) is 0.353. The normalized spacial score (nSPS) is 12.2. The molecule has 1 atom stereocenters. The zero-order valence-corrected chi connectivity index (χ0v) is 12.6. The molecule has 0 bridgehead atoms. The van der Waals surface area contributed by atoms with Gasteiger partial charge in [-0.3, -0.25) is 0 Å². The second-order valence-electron chi connectivity index (χ2n) is 5.29. The van der Waals surface area contributed by atoms with Gasteiger partial charge < -0.3 is 9.88 Å². The standard InChI is InChI=1S/C17H21N3/c1-12-9-17(14(3)20(12)4)11-19-13(2)16-7-5-15(10-18)6-8-16/h5-9,13,19H,11H2,1-4H3. The number of aryl methyl sites for hydroxylation is 1. The van der Waals surface area contributed by atoms with Crippen molar-refractivity contribution < 1.29 is 0 Å². The van der Waals surface area contributed by atoms with E-state index in [0.717, 1.165) is 6.54 Å². The average Bonchev–Trinajstić information content (AvgIpc) is 2.72. The number of aromatic nitrogens is 1. The monoisotopic (exact) mass is 267 g/mol. The summed E-state index contributed by atoms with van der Waals surface area (Å²) >= 11 is 0. The lowest BCUT2D eigenvalue weighted by atomic mass is 10.1. The Balaban J connectivity index is 2.02. The molecule has 1 aromatic heterocycles. The van der Waals surface area contributed by atoms with E-state index in [9.17, 15) is 0 Å². The van der Waals surface area contributed by atoms with Gasteiger partial charge in [-0.25, -0.2) is 0 Å². The molecule has 1 heterocycles. The molecule has 1 aromatic carbocycles. The van der Waals surface area contributed by atoms with Gasteiger partial charge in [0.25, 0.3) is 0 Å². The highest BCUT2D eigenvalue weighted by atomic mass is 15.0. The van der Waals surface area contributed by atoms with Crippen molar-refractivity contribution in [2.24, 2.45) is 7.05 Å². The average molecular weight is 267 g/mol. The van der Waals surface area contributed by atoms with Crippen molar-refractivity contribution in [3.63, 3.8) is 0 Å². The van der Waals surface area contributed by atoms with E-state index < -0.39 is 0 Å². The summed E-state index contributed by atoms with van der Waals surface area (Å²) in [5, 5.41) is 12.3. The van der Waals surface area contributed by atoms with Gasteiger partial charge in [-0.05, 0) is 50.1 Å². The van der Waals surface area contributed by atoms with Gasteiger partial charge in [-0.1, -0.05) is 12.1 Å². The van der Waals surface area contributed by atoms with Crippen molar-refractivity contribution in [1.82, 2.24) is 9.88 Å². The number of rotatable bonds is 4. The number of hydrogen-bond donors (Lipinski definition) is 1. The van der Waals surface area contributed by atoms with Gasteiger partial charge in [0, 0.05) is 31.0 Å².